The van der Waals surface area contributed by atoms with E-state index in [1.807, 2.05) is 36.6 Å². The molecule has 2 heterocycles. The number of hydrogen-bond donors (Lipinski definition) is 1. The summed E-state index contributed by atoms with van der Waals surface area (Å²) < 4.78 is 0. The van der Waals surface area contributed by atoms with Crippen LogP contribution in [-0.4, -0.2) is 34.5 Å². The van der Waals surface area contributed by atoms with Gasteiger partial charge in [-0.25, -0.2) is 9.97 Å². The van der Waals surface area contributed by atoms with Gasteiger partial charge in [0.05, 0.1) is 10.4 Å². The van der Waals surface area contributed by atoms with Crippen molar-refractivity contribution in [2.45, 2.75) is 51.6 Å². The number of para-hydroxylation sites is 1. The smallest absolute Gasteiger partial charge is 0.221 e. The number of thiophene rings is 1. The molecule has 6 heteroatoms. The molecule has 1 N–H and O–H groups in total. The molecule has 0 spiro atoms. The van der Waals surface area contributed by atoms with Crippen LogP contribution in [-0.2, 0) is 4.79 Å². The highest BCUT2D eigenvalue weighted by Gasteiger charge is 2.31. The van der Waals surface area contributed by atoms with E-state index in [0.29, 0.717) is 19.0 Å². The van der Waals surface area contributed by atoms with Gasteiger partial charge in [-0.15, -0.1) is 11.3 Å². The Morgan fingerprint density at radius 3 is 2.79 bits per heavy atom. The Bertz CT molecular complexity index is 952. The lowest BCUT2D eigenvalue weighted by Crippen LogP contribution is -2.36. The van der Waals surface area contributed by atoms with Gasteiger partial charge in [-0.05, 0) is 49.8 Å². The second-order valence-electron chi connectivity index (χ2n) is 7.42. The van der Waals surface area contributed by atoms with E-state index < -0.39 is 0 Å². The molecule has 28 heavy (non-hydrogen) atoms. The number of hydrogen-bond acceptors (Lipinski definition) is 5. The fourth-order valence-corrected chi connectivity index (χ4v) is 3.97. The summed E-state index contributed by atoms with van der Waals surface area (Å²) in [6.45, 7) is 4.81. The molecule has 1 aliphatic carbocycles. The van der Waals surface area contributed by atoms with E-state index in [1.54, 1.807) is 11.3 Å². The van der Waals surface area contributed by atoms with Crippen LogP contribution in [0, 0.1) is 0 Å². The molecule has 1 aliphatic rings. The molecule has 0 aliphatic heterocycles. The average Bonchev–Trinajstić information content (AvgIpc) is 3.39. The minimum Gasteiger partial charge on any atom is -0.354 e. The minimum absolute atomic E-state index is 0.108. The maximum atomic E-state index is 12.3. The van der Waals surface area contributed by atoms with Gasteiger partial charge in [-0.1, -0.05) is 25.1 Å². The largest absolute Gasteiger partial charge is 0.354 e. The number of nitrogens with zero attached hydrogens (tertiary/aromatic N) is 3. The summed E-state index contributed by atoms with van der Waals surface area (Å²) in [6, 6.07) is 12.9. The molecule has 1 amide bonds. The normalized spacial score (nSPS) is 14.8. The van der Waals surface area contributed by atoms with Crippen molar-refractivity contribution >= 4 is 34.0 Å². The average molecular weight is 395 g/mol. The lowest BCUT2D eigenvalue weighted by Gasteiger charge is -2.25. The molecule has 0 radical (unpaired) electrons. The van der Waals surface area contributed by atoms with E-state index in [1.165, 1.54) is 0 Å². The Balaban J connectivity index is 1.65. The first kappa shape index (κ1) is 18.9. The second-order valence-corrected chi connectivity index (χ2v) is 8.36. The van der Waals surface area contributed by atoms with Crippen molar-refractivity contribution in [3.05, 3.63) is 41.8 Å². The Morgan fingerprint density at radius 1 is 1.25 bits per heavy atom. The van der Waals surface area contributed by atoms with E-state index in [0.717, 1.165) is 46.7 Å². The molecule has 1 atom stereocenters. The Kier molecular flexibility index (Phi) is 5.57. The van der Waals surface area contributed by atoms with Gasteiger partial charge in [0.1, 0.15) is 5.82 Å². The Morgan fingerprint density at radius 2 is 2.07 bits per heavy atom. The molecular formula is C22H26N4OS. The summed E-state index contributed by atoms with van der Waals surface area (Å²) in [5, 5.41) is 6.17. The van der Waals surface area contributed by atoms with Crippen molar-refractivity contribution in [3.8, 4) is 10.7 Å². The van der Waals surface area contributed by atoms with Gasteiger partial charge in [0.25, 0.3) is 0 Å². The lowest BCUT2D eigenvalue weighted by molar-refractivity contribution is -0.121. The second kappa shape index (κ2) is 8.27. The number of rotatable bonds is 8. The van der Waals surface area contributed by atoms with Crippen molar-refractivity contribution < 1.29 is 4.79 Å². The molecule has 146 valence electrons. The van der Waals surface area contributed by atoms with Crippen molar-refractivity contribution in [1.29, 1.82) is 0 Å². The molecule has 0 saturated heterocycles. The molecule has 4 rings (SSSR count). The first-order valence-corrected chi connectivity index (χ1v) is 10.9. The highest BCUT2D eigenvalue weighted by molar-refractivity contribution is 7.13. The summed E-state index contributed by atoms with van der Waals surface area (Å²) in [5.41, 5.74) is 0.950. The van der Waals surface area contributed by atoms with Crippen LogP contribution in [0.3, 0.4) is 0 Å². The SMILES string of the molecule is CC[C@H](C)NC(=O)CCN(c1nc(-c2cccs2)nc2ccccc12)C1CC1. The van der Waals surface area contributed by atoms with Crippen LogP contribution in [0.25, 0.3) is 21.6 Å². The molecule has 5 nitrogen and oxygen atoms in total. The minimum atomic E-state index is 0.108. The number of amides is 1. The molecule has 1 aromatic carbocycles. The number of fused-ring (bicyclic) bond motifs is 1. The van der Waals surface area contributed by atoms with E-state index >= 15 is 0 Å². The molecular weight excluding hydrogens is 368 g/mol. The van der Waals surface area contributed by atoms with Gasteiger partial charge in [-0.2, -0.15) is 0 Å². The van der Waals surface area contributed by atoms with Gasteiger partial charge in [-0.3, -0.25) is 4.79 Å². The molecule has 2 aromatic heterocycles. The molecule has 3 aromatic rings. The summed E-state index contributed by atoms with van der Waals surface area (Å²) in [4.78, 5) is 25.5. The first-order chi connectivity index (χ1) is 13.7. The zero-order chi connectivity index (χ0) is 19.5. The van der Waals surface area contributed by atoms with Crippen molar-refractivity contribution in [1.82, 2.24) is 15.3 Å². The fraction of sp³-hybridized carbons (Fsp3) is 0.409. The zero-order valence-electron chi connectivity index (χ0n) is 16.4. The summed E-state index contributed by atoms with van der Waals surface area (Å²) in [6.07, 6.45) is 3.73. The van der Waals surface area contributed by atoms with Gasteiger partial charge >= 0.3 is 0 Å². The summed E-state index contributed by atoms with van der Waals surface area (Å²) in [7, 11) is 0. The standard InChI is InChI=1S/C22H26N4OS/c1-3-15(2)23-20(27)12-13-26(16-10-11-16)22-17-7-4-5-8-18(17)24-21(25-22)19-9-6-14-28-19/h4-9,14-16H,3,10-13H2,1-2H3,(H,23,27)/t15-/m0/s1. The topological polar surface area (TPSA) is 58.1 Å². The number of aromatic nitrogens is 2. The van der Waals surface area contributed by atoms with Gasteiger partial charge < -0.3 is 10.2 Å². The number of anilines is 1. The van der Waals surface area contributed by atoms with Crippen LogP contribution in [0.1, 0.15) is 39.5 Å². The highest BCUT2D eigenvalue weighted by atomic mass is 32.1. The van der Waals surface area contributed by atoms with Crippen molar-refractivity contribution in [2.24, 2.45) is 0 Å². The molecule has 1 saturated carbocycles. The number of carbonyl (C=O) groups excluding carboxylic acids is 1. The Hall–Kier alpha value is -2.47. The van der Waals surface area contributed by atoms with E-state index in [9.17, 15) is 4.79 Å². The van der Waals surface area contributed by atoms with Crippen molar-refractivity contribution in [2.75, 3.05) is 11.4 Å². The van der Waals surface area contributed by atoms with Gasteiger partial charge in [0.15, 0.2) is 5.82 Å². The highest BCUT2D eigenvalue weighted by Crippen LogP contribution is 2.36. The predicted molar refractivity (Wildman–Crippen MR) is 116 cm³/mol. The fourth-order valence-electron chi connectivity index (χ4n) is 3.31. The van der Waals surface area contributed by atoms with Crippen LogP contribution in [0.5, 0.6) is 0 Å². The monoisotopic (exact) mass is 394 g/mol. The number of nitrogens with one attached hydrogen (secondary N) is 1. The van der Waals surface area contributed by atoms with Crippen LogP contribution >= 0.6 is 11.3 Å². The number of benzene rings is 1. The third kappa shape index (κ3) is 4.17. The first-order valence-electron chi connectivity index (χ1n) is 10.0. The van der Waals surface area contributed by atoms with E-state index in [-0.39, 0.29) is 11.9 Å². The van der Waals surface area contributed by atoms with Gasteiger partial charge in [0.2, 0.25) is 5.91 Å². The number of carbonyl (C=O) groups is 1. The van der Waals surface area contributed by atoms with Crippen LogP contribution in [0.4, 0.5) is 5.82 Å². The van der Waals surface area contributed by atoms with E-state index in [4.69, 9.17) is 9.97 Å². The van der Waals surface area contributed by atoms with Crippen molar-refractivity contribution in [3.63, 3.8) is 0 Å². The van der Waals surface area contributed by atoms with E-state index in [2.05, 4.69) is 29.3 Å². The molecule has 1 fully saturated rings. The third-order valence-electron chi connectivity index (χ3n) is 5.18. The zero-order valence-corrected chi connectivity index (χ0v) is 17.2. The van der Waals surface area contributed by atoms with Gasteiger partial charge in [0, 0.05) is 30.4 Å². The summed E-state index contributed by atoms with van der Waals surface area (Å²) >= 11 is 1.65. The molecule has 0 unspecified atom stereocenters. The maximum absolute atomic E-state index is 12.3. The Labute approximate surface area is 169 Å². The predicted octanol–water partition coefficient (Wildman–Crippen LogP) is 4.63. The van der Waals surface area contributed by atoms with Crippen LogP contribution < -0.4 is 10.2 Å². The summed E-state index contributed by atoms with van der Waals surface area (Å²) in [5.74, 6) is 1.82. The lowest BCUT2D eigenvalue weighted by atomic mass is 10.2. The van der Waals surface area contributed by atoms with Crippen LogP contribution in [0.2, 0.25) is 0 Å². The van der Waals surface area contributed by atoms with Crippen LogP contribution in [0.15, 0.2) is 41.8 Å². The maximum Gasteiger partial charge on any atom is 0.221 e. The quantitative estimate of drug-likeness (QED) is 0.605. The molecule has 0 bridgehead atoms. The third-order valence-corrected chi connectivity index (χ3v) is 6.05.